The van der Waals surface area contributed by atoms with Gasteiger partial charge in [0.1, 0.15) is 13.2 Å². The molecule has 0 fully saturated rings. The van der Waals surface area contributed by atoms with Crippen LogP contribution >= 0.6 is 0 Å². The summed E-state index contributed by atoms with van der Waals surface area (Å²) in [6.07, 6.45) is 72.1. The Labute approximate surface area is 443 Å². The third kappa shape index (κ3) is 58.7. The van der Waals surface area contributed by atoms with E-state index in [4.69, 9.17) is 14.2 Å². The van der Waals surface area contributed by atoms with E-state index in [2.05, 4.69) is 45.1 Å². The number of hydrogen-bond acceptors (Lipinski definition) is 6. The zero-order valence-electron chi connectivity index (χ0n) is 48.0. The molecule has 0 aliphatic carbocycles. The van der Waals surface area contributed by atoms with E-state index in [0.717, 1.165) is 57.8 Å². The molecule has 0 spiro atoms. The monoisotopic (exact) mass is 999 g/mol. The molecule has 0 rings (SSSR count). The van der Waals surface area contributed by atoms with Gasteiger partial charge in [0.15, 0.2) is 6.10 Å². The van der Waals surface area contributed by atoms with E-state index in [1.54, 1.807) is 0 Å². The maximum atomic E-state index is 12.8. The first-order chi connectivity index (χ1) is 35.0. The van der Waals surface area contributed by atoms with Gasteiger partial charge in [0, 0.05) is 19.3 Å². The Hall–Kier alpha value is -2.11. The predicted molar refractivity (Wildman–Crippen MR) is 307 cm³/mol. The average Bonchev–Trinajstić information content (AvgIpc) is 3.37. The van der Waals surface area contributed by atoms with Crippen LogP contribution in [-0.4, -0.2) is 37.2 Å². The largest absolute Gasteiger partial charge is 0.462 e. The van der Waals surface area contributed by atoms with Crippen molar-refractivity contribution < 1.29 is 28.6 Å². The molecule has 6 heteroatoms. The van der Waals surface area contributed by atoms with E-state index >= 15 is 0 Å². The molecule has 0 aromatic carbocycles. The Morgan fingerprint density at radius 2 is 0.465 bits per heavy atom. The normalized spacial score (nSPS) is 12.1. The number of allylic oxidation sites excluding steroid dienone is 4. The zero-order chi connectivity index (χ0) is 51.4. The number of unbranched alkanes of at least 4 members (excludes halogenated alkanes) is 44. The molecule has 0 bridgehead atoms. The Morgan fingerprint density at radius 3 is 0.704 bits per heavy atom. The van der Waals surface area contributed by atoms with Crippen molar-refractivity contribution in [3.05, 3.63) is 24.3 Å². The van der Waals surface area contributed by atoms with E-state index < -0.39 is 6.10 Å². The van der Waals surface area contributed by atoms with Crippen molar-refractivity contribution >= 4 is 17.9 Å². The molecule has 0 aromatic heterocycles. The van der Waals surface area contributed by atoms with Gasteiger partial charge in [0.25, 0.3) is 0 Å². The van der Waals surface area contributed by atoms with Crippen LogP contribution in [0.3, 0.4) is 0 Å². The summed E-state index contributed by atoms with van der Waals surface area (Å²) in [7, 11) is 0. The molecule has 0 saturated heterocycles. The SMILES string of the molecule is CCCCCCCCCC/C=C\CCCCCCCCCCCCCCCC(=O)OCC(COC(=O)CCCCCCCCC)OC(=O)CCCCCCCCCCC/C=C\CCCCCCCCCC. The molecule has 0 N–H and O–H groups in total. The third-order valence-corrected chi connectivity index (χ3v) is 14.4. The number of ether oxygens (including phenoxy) is 3. The first-order valence-corrected chi connectivity index (χ1v) is 31.8. The van der Waals surface area contributed by atoms with Crippen LogP contribution in [0, 0.1) is 0 Å². The minimum Gasteiger partial charge on any atom is -0.462 e. The van der Waals surface area contributed by atoms with E-state index in [1.165, 1.54) is 257 Å². The van der Waals surface area contributed by atoms with Gasteiger partial charge in [-0.15, -0.1) is 0 Å². The van der Waals surface area contributed by atoms with Gasteiger partial charge in [-0.25, -0.2) is 0 Å². The van der Waals surface area contributed by atoms with E-state index in [-0.39, 0.29) is 31.1 Å². The summed E-state index contributed by atoms with van der Waals surface area (Å²) in [5, 5.41) is 0. The van der Waals surface area contributed by atoms with Gasteiger partial charge in [-0.2, -0.15) is 0 Å². The van der Waals surface area contributed by atoms with Gasteiger partial charge in [-0.05, 0) is 70.6 Å². The lowest BCUT2D eigenvalue weighted by Gasteiger charge is -2.18. The second-order valence-electron chi connectivity index (χ2n) is 21.7. The molecule has 1 atom stereocenters. The van der Waals surface area contributed by atoms with Gasteiger partial charge in [-0.1, -0.05) is 289 Å². The molecule has 0 radical (unpaired) electrons. The second-order valence-corrected chi connectivity index (χ2v) is 21.7. The maximum Gasteiger partial charge on any atom is 0.306 e. The van der Waals surface area contributed by atoms with Crippen molar-refractivity contribution in [1.82, 2.24) is 0 Å². The fraction of sp³-hybridized carbons (Fsp3) is 0.892. The Kier molecular flexibility index (Phi) is 58.6. The quantitative estimate of drug-likeness (QED) is 0.0261. The molecule has 71 heavy (non-hydrogen) atoms. The summed E-state index contributed by atoms with van der Waals surface area (Å²) in [5.41, 5.74) is 0. The van der Waals surface area contributed by atoms with Crippen LogP contribution in [0.5, 0.6) is 0 Å². The molecule has 1 unspecified atom stereocenters. The van der Waals surface area contributed by atoms with Crippen LogP contribution in [0.15, 0.2) is 24.3 Å². The summed E-state index contributed by atoms with van der Waals surface area (Å²) in [5.74, 6) is -0.855. The molecule has 0 saturated carbocycles. The van der Waals surface area contributed by atoms with Gasteiger partial charge >= 0.3 is 17.9 Å². The third-order valence-electron chi connectivity index (χ3n) is 14.4. The van der Waals surface area contributed by atoms with Crippen LogP contribution in [0.1, 0.15) is 355 Å². The first kappa shape index (κ1) is 68.9. The van der Waals surface area contributed by atoms with Crippen molar-refractivity contribution in [1.29, 1.82) is 0 Å². The molecule has 0 aliphatic heterocycles. The van der Waals surface area contributed by atoms with Crippen LogP contribution < -0.4 is 0 Å². The molecule has 418 valence electrons. The van der Waals surface area contributed by atoms with Gasteiger partial charge in [0.05, 0.1) is 0 Å². The summed E-state index contributed by atoms with van der Waals surface area (Å²) in [6.45, 7) is 6.65. The summed E-state index contributed by atoms with van der Waals surface area (Å²) >= 11 is 0. The number of carbonyl (C=O) groups is 3. The fourth-order valence-corrected chi connectivity index (χ4v) is 9.61. The summed E-state index contributed by atoms with van der Waals surface area (Å²) in [4.78, 5) is 38.0. The minimum absolute atomic E-state index is 0.0678. The molecule has 0 heterocycles. The van der Waals surface area contributed by atoms with E-state index in [0.29, 0.717) is 19.3 Å². The molecular weight excluding hydrogens is 877 g/mol. The number of carbonyl (C=O) groups excluding carboxylic acids is 3. The summed E-state index contributed by atoms with van der Waals surface area (Å²) in [6, 6.07) is 0. The molecule has 0 aliphatic rings. The zero-order valence-corrected chi connectivity index (χ0v) is 48.0. The number of rotatable bonds is 59. The van der Waals surface area contributed by atoms with Crippen LogP contribution in [0.2, 0.25) is 0 Å². The Balaban J connectivity index is 4.09. The highest BCUT2D eigenvalue weighted by molar-refractivity contribution is 5.71. The second kappa shape index (κ2) is 60.4. The minimum atomic E-state index is -0.767. The smallest absolute Gasteiger partial charge is 0.306 e. The topological polar surface area (TPSA) is 78.9 Å². The van der Waals surface area contributed by atoms with Crippen molar-refractivity contribution in [3.8, 4) is 0 Å². The van der Waals surface area contributed by atoms with Crippen LogP contribution in [0.4, 0.5) is 0 Å². The average molecular weight is 1000 g/mol. The van der Waals surface area contributed by atoms with Gasteiger partial charge in [0.2, 0.25) is 0 Å². The summed E-state index contributed by atoms with van der Waals surface area (Å²) < 4.78 is 16.8. The fourth-order valence-electron chi connectivity index (χ4n) is 9.61. The lowest BCUT2D eigenvalue weighted by molar-refractivity contribution is -0.167. The molecule has 6 nitrogen and oxygen atoms in total. The highest BCUT2D eigenvalue weighted by Crippen LogP contribution is 2.17. The van der Waals surface area contributed by atoms with Gasteiger partial charge < -0.3 is 14.2 Å². The lowest BCUT2D eigenvalue weighted by Crippen LogP contribution is -2.30. The predicted octanol–water partition coefficient (Wildman–Crippen LogP) is 21.4. The van der Waals surface area contributed by atoms with E-state index in [1.807, 2.05) is 0 Å². The highest BCUT2D eigenvalue weighted by atomic mass is 16.6. The molecule has 0 aromatic rings. The van der Waals surface area contributed by atoms with Crippen LogP contribution in [-0.2, 0) is 28.6 Å². The molecular formula is C65H122O6. The van der Waals surface area contributed by atoms with Crippen molar-refractivity contribution in [2.45, 2.75) is 361 Å². The lowest BCUT2D eigenvalue weighted by atomic mass is 10.0. The Bertz CT molecular complexity index is 1150. The number of hydrogen-bond donors (Lipinski definition) is 0. The standard InChI is InChI=1S/C65H122O6/c1-4-7-10-13-16-18-20-22-24-26-28-30-31-32-33-35-36-38-40-42-44-46-49-52-55-58-64(67)70-61-62(60-69-63(66)57-54-51-48-15-12-9-6-3)71-65(68)59-56-53-50-47-45-43-41-39-37-34-29-27-25-23-21-19-17-14-11-8-5-2/h26-29,62H,4-25,30-61H2,1-3H3/b28-26-,29-27-. The highest BCUT2D eigenvalue weighted by Gasteiger charge is 2.19. The van der Waals surface area contributed by atoms with Crippen molar-refractivity contribution in [2.24, 2.45) is 0 Å². The van der Waals surface area contributed by atoms with Crippen molar-refractivity contribution in [2.75, 3.05) is 13.2 Å². The maximum absolute atomic E-state index is 12.8. The first-order valence-electron chi connectivity index (χ1n) is 31.8. The number of esters is 3. The van der Waals surface area contributed by atoms with E-state index in [9.17, 15) is 14.4 Å². The van der Waals surface area contributed by atoms with Crippen LogP contribution in [0.25, 0.3) is 0 Å². The molecule has 0 amide bonds. The Morgan fingerprint density at radius 1 is 0.268 bits per heavy atom. The van der Waals surface area contributed by atoms with Crippen molar-refractivity contribution in [3.63, 3.8) is 0 Å². The van der Waals surface area contributed by atoms with Gasteiger partial charge in [-0.3, -0.25) is 14.4 Å².